The molecule has 0 radical (unpaired) electrons. The molecule has 1 aromatic rings. The monoisotopic (exact) mass is 679 g/mol. The van der Waals surface area contributed by atoms with Gasteiger partial charge in [0.1, 0.15) is 11.9 Å². The molecule has 4 saturated carbocycles. The molecule has 0 aromatic carbocycles. The first kappa shape index (κ1) is 35.7. The number of aromatic nitrogens is 4. The molecule has 11 nitrogen and oxygen atoms in total. The SMILES string of the molecule is CC(C)C1C(=O)C[C@]2(C(=O)Nc3nnn(C)n3)CC[C@]3(C)C(=C12)CCC1[C@@]2(C)CC[C@H](OC(=O)CC(C)(C)C(=O)O)C(C)(C)C2CC[C@]13C. The molecule has 5 aliphatic rings. The smallest absolute Gasteiger partial charge is 0.309 e. The minimum atomic E-state index is -1.18. The van der Waals surface area contributed by atoms with Gasteiger partial charge in [-0.3, -0.25) is 24.5 Å². The number of ether oxygens (including phenoxy) is 1. The second-order valence-electron chi connectivity index (χ2n) is 18.5. The van der Waals surface area contributed by atoms with Gasteiger partial charge in [0, 0.05) is 17.8 Å². The highest BCUT2D eigenvalue weighted by Crippen LogP contribution is 2.76. The Bertz CT molecular complexity index is 1610. The second-order valence-corrected chi connectivity index (χ2v) is 18.5. The molecule has 3 unspecified atom stereocenters. The van der Waals surface area contributed by atoms with Crippen LogP contribution in [-0.2, 0) is 31.0 Å². The third-order valence-electron chi connectivity index (χ3n) is 14.9. The number of aliphatic carboxylic acids is 1. The first-order valence-electron chi connectivity index (χ1n) is 18.4. The number of nitrogens with zero attached hydrogens (tertiary/aromatic N) is 4. The maximum atomic E-state index is 14.3. The predicted octanol–water partition coefficient (Wildman–Crippen LogP) is 6.54. The Morgan fingerprint density at radius 3 is 2.33 bits per heavy atom. The van der Waals surface area contributed by atoms with Crippen molar-refractivity contribution in [2.24, 2.45) is 63.2 Å². The molecule has 2 N–H and O–H groups in total. The van der Waals surface area contributed by atoms with E-state index >= 15 is 0 Å². The van der Waals surface area contributed by atoms with Crippen LogP contribution >= 0.6 is 0 Å². The Morgan fingerprint density at radius 2 is 1.71 bits per heavy atom. The van der Waals surface area contributed by atoms with Gasteiger partial charge < -0.3 is 9.84 Å². The van der Waals surface area contributed by atoms with Crippen molar-refractivity contribution in [3.63, 3.8) is 0 Å². The number of carbonyl (C=O) groups is 4. The van der Waals surface area contributed by atoms with Crippen molar-refractivity contribution in [3.05, 3.63) is 11.1 Å². The van der Waals surface area contributed by atoms with Crippen molar-refractivity contribution >= 4 is 29.6 Å². The summed E-state index contributed by atoms with van der Waals surface area (Å²) in [5, 5.41) is 24.6. The number of tetrazole rings is 1. The molecule has 4 fully saturated rings. The van der Waals surface area contributed by atoms with E-state index in [0.29, 0.717) is 18.3 Å². The lowest BCUT2D eigenvalue weighted by molar-refractivity contribution is -0.214. The Labute approximate surface area is 290 Å². The largest absolute Gasteiger partial charge is 0.481 e. The highest BCUT2D eigenvalue weighted by atomic mass is 16.5. The zero-order chi connectivity index (χ0) is 36.1. The summed E-state index contributed by atoms with van der Waals surface area (Å²) in [6.45, 7) is 19.2. The highest BCUT2D eigenvalue weighted by molar-refractivity contribution is 6.05. The topological polar surface area (TPSA) is 153 Å². The molecule has 0 spiro atoms. The van der Waals surface area contributed by atoms with E-state index in [1.165, 1.54) is 10.4 Å². The zero-order valence-corrected chi connectivity index (χ0v) is 31.2. The van der Waals surface area contributed by atoms with Crippen LogP contribution in [0.3, 0.4) is 0 Å². The summed E-state index contributed by atoms with van der Waals surface area (Å²) in [5.41, 5.74) is -0.109. The molecule has 11 heteroatoms. The van der Waals surface area contributed by atoms with E-state index in [1.807, 2.05) is 0 Å². The number of esters is 1. The van der Waals surface area contributed by atoms with Crippen LogP contribution in [-0.4, -0.2) is 55.0 Å². The molecule has 6 rings (SSSR count). The Kier molecular flexibility index (Phi) is 8.35. The summed E-state index contributed by atoms with van der Waals surface area (Å²) in [4.78, 5) is 54.2. The molecule has 1 heterocycles. The summed E-state index contributed by atoms with van der Waals surface area (Å²) in [7, 11) is 1.66. The molecule has 0 saturated heterocycles. The van der Waals surface area contributed by atoms with Crippen molar-refractivity contribution in [1.82, 2.24) is 20.2 Å². The molecular weight excluding hydrogens is 622 g/mol. The number of aryl methyl sites for hydroxylation is 1. The average molecular weight is 680 g/mol. The van der Waals surface area contributed by atoms with Crippen molar-refractivity contribution < 1.29 is 29.0 Å². The summed E-state index contributed by atoms with van der Waals surface area (Å²) in [5.74, 6) is -0.745. The Hall–Kier alpha value is -3.11. The molecule has 270 valence electrons. The van der Waals surface area contributed by atoms with Gasteiger partial charge in [-0.25, -0.2) is 0 Å². The number of rotatable bonds is 7. The minimum absolute atomic E-state index is 0.0193. The number of fused-ring (bicyclic) bond motifs is 6. The van der Waals surface area contributed by atoms with Gasteiger partial charge in [-0.2, -0.15) is 4.80 Å². The molecule has 1 amide bonds. The van der Waals surface area contributed by atoms with Crippen molar-refractivity contribution in [3.8, 4) is 0 Å². The normalized spacial score (nSPS) is 38.3. The number of Topliss-reactive ketones (excluding diaryl/α,β-unsaturated/α-hetero) is 1. The van der Waals surface area contributed by atoms with E-state index in [4.69, 9.17) is 4.74 Å². The first-order valence-corrected chi connectivity index (χ1v) is 18.4. The molecule has 49 heavy (non-hydrogen) atoms. The molecule has 0 aliphatic heterocycles. The van der Waals surface area contributed by atoms with Crippen molar-refractivity contribution in [1.29, 1.82) is 0 Å². The maximum Gasteiger partial charge on any atom is 0.309 e. The lowest BCUT2D eigenvalue weighted by Crippen LogP contribution is -2.64. The van der Waals surface area contributed by atoms with Crippen LogP contribution < -0.4 is 5.32 Å². The van der Waals surface area contributed by atoms with Gasteiger partial charge >= 0.3 is 11.9 Å². The van der Waals surface area contributed by atoms with Crippen molar-refractivity contribution in [2.75, 3.05) is 5.32 Å². The van der Waals surface area contributed by atoms with Crippen LogP contribution in [0.2, 0.25) is 0 Å². The number of hydrogen-bond acceptors (Lipinski definition) is 8. The summed E-state index contributed by atoms with van der Waals surface area (Å²) in [6, 6.07) is 0. The summed E-state index contributed by atoms with van der Waals surface area (Å²) >= 11 is 0. The van der Waals surface area contributed by atoms with Crippen LogP contribution in [0.1, 0.15) is 127 Å². The Morgan fingerprint density at radius 1 is 1.02 bits per heavy atom. The van der Waals surface area contributed by atoms with Crippen LogP contribution in [0.15, 0.2) is 11.1 Å². The van der Waals surface area contributed by atoms with E-state index < -0.39 is 22.8 Å². The fraction of sp³-hybridized carbons (Fsp3) is 0.816. The summed E-state index contributed by atoms with van der Waals surface area (Å²) in [6.07, 6.45) is 6.82. The number of nitrogens with one attached hydrogen (secondary N) is 1. The number of hydrogen-bond donors (Lipinski definition) is 2. The first-order chi connectivity index (χ1) is 22.6. The van der Waals surface area contributed by atoms with Gasteiger partial charge in [-0.1, -0.05) is 59.1 Å². The minimum Gasteiger partial charge on any atom is -0.481 e. The van der Waals surface area contributed by atoms with E-state index in [0.717, 1.165) is 50.5 Å². The molecule has 0 bridgehead atoms. The number of carbonyl (C=O) groups excluding carboxylic acids is 3. The third kappa shape index (κ3) is 5.13. The quantitative estimate of drug-likeness (QED) is 0.242. The fourth-order valence-corrected chi connectivity index (χ4v) is 12.2. The number of ketones is 1. The van der Waals surface area contributed by atoms with Gasteiger partial charge in [0.25, 0.3) is 5.95 Å². The predicted molar refractivity (Wildman–Crippen MR) is 183 cm³/mol. The average Bonchev–Trinajstić information content (AvgIpc) is 3.54. The van der Waals surface area contributed by atoms with Gasteiger partial charge in [-0.05, 0) is 110 Å². The number of carboxylic acids is 1. The standard InChI is InChI=1S/C38H57N5O6/c1-21(2)28-23(44)19-38(30(46)39-32-40-42-43(10)41-32)18-17-36(8)22(29(28)38)11-12-25-35(7)15-14-26(49-27(45)20-33(3,4)31(47)48)34(5,6)24(35)13-16-37(25,36)9/h21,24-26,28H,11-20H2,1-10H3,(H,47,48)(H,39,41,46)/t24?,25?,26-,28?,35-,36+,37+,38+/m0/s1. The van der Waals surface area contributed by atoms with Crippen LogP contribution in [0.4, 0.5) is 5.95 Å². The van der Waals surface area contributed by atoms with E-state index in [1.54, 1.807) is 20.9 Å². The number of anilines is 1. The lowest BCUT2D eigenvalue weighted by atomic mass is 9.34. The van der Waals surface area contributed by atoms with E-state index in [-0.39, 0.29) is 70.1 Å². The van der Waals surface area contributed by atoms with Crippen LogP contribution in [0, 0.1) is 56.2 Å². The Balaban J connectivity index is 1.33. The van der Waals surface area contributed by atoms with E-state index in [2.05, 4.69) is 69.2 Å². The number of allylic oxidation sites excluding steroid dienone is 1. The van der Waals surface area contributed by atoms with Gasteiger partial charge in [-0.15, -0.1) is 5.10 Å². The third-order valence-corrected chi connectivity index (χ3v) is 14.9. The molecular formula is C38H57N5O6. The van der Waals surface area contributed by atoms with Crippen LogP contribution in [0.5, 0.6) is 0 Å². The summed E-state index contributed by atoms with van der Waals surface area (Å²) < 4.78 is 6.13. The maximum absolute atomic E-state index is 14.3. The number of carboxylic acid groups (broad SMARTS) is 1. The van der Waals surface area contributed by atoms with Crippen LogP contribution in [0.25, 0.3) is 0 Å². The van der Waals surface area contributed by atoms with Gasteiger partial charge in [0.05, 0.1) is 24.3 Å². The second kappa shape index (κ2) is 11.5. The fourth-order valence-electron chi connectivity index (χ4n) is 12.2. The molecule has 1 aromatic heterocycles. The molecule has 8 atom stereocenters. The van der Waals surface area contributed by atoms with E-state index in [9.17, 15) is 24.3 Å². The highest BCUT2D eigenvalue weighted by Gasteiger charge is 2.70. The van der Waals surface area contributed by atoms with Gasteiger partial charge in [0.2, 0.25) is 5.91 Å². The lowest BCUT2D eigenvalue weighted by Gasteiger charge is -2.70. The zero-order valence-electron chi connectivity index (χ0n) is 31.2. The van der Waals surface area contributed by atoms with Crippen molar-refractivity contribution in [2.45, 2.75) is 133 Å². The number of amides is 1. The van der Waals surface area contributed by atoms with Gasteiger partial charge in [0.15, 0.2) is 0 Å². The molecule has 5 aliphatic carbocycles.